The highest BCUT2D eigenvalue weighted by Gasteiger charge is 2.27. The smallest absolute Gasteiger partial charge is 0.303 e. The fourth-order valence-corrected chi connectivity index (χ4v) is 2.47. The highest BCUT2D eigenvalue weighted by atomic mass is 35.5. The molecule has 0 saturated heterocycles. The van der Waals surface area contributed by atoms with Crippen molar-refractivity contribution < 1.29 is 9.90 Å². The van der Waals surface area contributed by atoms with Crippen LogP contribution in [-0.2, 0) is 10.3 Å². The Morgan fingerprint density at radius 2 is 1.84 bits per heavy atom. The first-order chi connectivity index (χ1) is 9.04. The van der Waals surface area contributed by atoms with E-state index in [1.165, 1.54) is 5.56 Å². The number of carboxylic acid groups (broad SMARTS) is 1. The first-order valence-electron chi connectivity index (χ1n) is 6.77. The van der Waals surface area contributed by atoms with Crippen LogP contribution in [0.15, 0.2) is 24.3 Å². The minimum Gasteiger partial charge on any atom is -0.481 e. The minimum atomic E-state index is -0.744. The molecule has 0 aromatic heterocycles. The van der Waals surface area contributed by atoms with E-state index in [4.69, 9.17) is 16.7 Å². The molecule has 0 aliphatic rings. The molecule has 0 heterocycles. The van der Waals surface area contributed by atoms with E-state index in [0.717, 1.165) is 17.9 Å². The van der Waals surface area contributed by atoms with Gasteiger partial charge in [0.15, 0.2) is 0 Å². The zero-order valence-electron chi connectivity index (χ0n) is 11.6. The Morgan fingerprint density at radius 1 is 1.26 bits per heavy atom. The number of benzene rings is 1. The minimum absolute atomic E-state index is 0.0942. The molecule has 0 bridgehead atoms. The van der Waals surface area contributed by atoms with Crippen LogP contribution < -0.4 is 5.32 Å². The average Bonchev–Trinajstić information content (AvgIpc) is 2.41. The van der Waals surface area contributed by atoms with Gasteiger partial charge in [0, 0.05) is 17.0 Å². The van der Waals surface area contributed by atoms with E-state index in [2.05, 4.69) is 19.2 Å². The van der Waals surface area contributed by atoms with Crippen molar-refractivity contribution in [3.63, 3.8) is 0 Å². The second-order valence-corrected chi connectivity index (χ2v) is 5.16. The number of carbonyl (C=O) groups is 1. The first kappa shape index (κ1) is 16.0. The molecular formula is C15H22ClNO2. The summed E-state index contributed by atoms with van der Waals surface area (Å²) in [5, 5.41) is 12.9. The van der Waals surface area contributed by atoms with E-state index in [1.54, 1.807) is 0 Å². The highest BCUT2D eigenvalue weighted by molar-refractivity contribution is 6.30. The predicted octanol–water partition coefficient (Wildman–Crippen LogP) is 3.81. The molecule has 0 amide bonds. The molecule has 1 aromatic carbocycles. The lowest BCUT2D eigenvalue weighted by Gasteiger charge is -2.34. The topological polar surface area (TPSA) is 49.3 Å². The molecule has 0 radical (unpaired) electrons. The monoisotopic (exact) mass is 283 g/mol. The van der Waals surface area contributed by atoms with Crippen LogP contribution in [-0.4, -0.2) is 17.6 Å². The molecule has 4 heteroatoms. The average molecular weight is 284 g/mol. The number of hydrogen-bond donors (Lipinski definition) is 2. The van der Waals surface area contributed by atoms with Crippen molar-refractivity contribution in [3.8, 4) is 0 Å². The third kappa shape index (κ3) is 4.51. The maximum atomic E-state index is 10.5. The zero-order chi connectivity index (χ0) is 14.3. The Morgan fingerprint density at radius 3 is 2.32 bits per heavy atom. The molecule has 106 valence electrons. The molecule has 0 atom stereocenters. The van der Waals surface area contributed by atoms with E-state index in [0.29, 0.717) is 13.0 Å². The number of nitrogens with one attached hydrogen (secondary N) is 1. The molecule has 0 unspecified atom stereocenters. The quantitative estimate of drug-likeness (QED) is 0.713. The van der Waals surface area contributed by atoms with Crippen LogP contribution in [0.4, 0.5) is 0 Å². The maximum absolute atomic E-state index is 10.5. The van der Waals surface area contributed by atoms with E-state index in [1.807, 2.05) is 24.3 Å². The van der Waals surface area contributed by atoms with Crippen LogP contribution in [0.1, 0.15) is 45.1 Å². The largest absolute Gasteiger partial charge is 0.481 e. The van der Waals surface area contributed by atoms with Crippen molar-refractivity contribution in [1.82, 2.24) is 5.32 Å². The van der Waals surface area contributed by atoms with Crippen molar-refractivity contribution in [2.75, 3.05) is 6.54 Å². The summed E-state index contributed by atoms with van der Waals surface area (Å²) in [4.78, 5) is 10.5. The van der Waals surface area contributed by atoms with Crippen LogP contribution in [0.2, 0.25) is 5.02 Å². The first-order valence-corrected chi connectivity index (χ1v) is 7.14. The Labute approximate surface area is 120 Å². The third-order valence-electron chi connectivity index (χ3n) is 3.63. The lowest BCUT2D eigenvalue weighted by molar-refractivity contribution is -0.137. The van der Waals surface area contributed by atoms with E-state index in [-0.39, 0.29) is 12.0 Å². The second-order valence-electron chi connectivity index (χ2n) is 4.72. The Bertz CT molecular complexity index is 399. The SMILES string of the molecule is CCC(CC)(NCCCC(=O)O)c1ccc(Cl)cc1. The van der Waals surface area contributed by atoms with Gasteiger partial charge in [-0.05, 0) is 43.5 Å². The van der Waals surface area contributed by atoms with Crippen LogP contribution >= 0.6 is 11.6 Å². The lowest BCUT2D eigenvalue weighted by atomic mass is 9.84. The van der Waals surface area contributed by atoms with Crippen LogP contribution in [0, 0.1) is 0 Å². The van der Waals surface area contributed by atoms with Gasteiger partial charge in [-0.1, -0.05) is 37.6 Å². The molecule has 3 nitrogen and oxygen atoms in total. The molecular weight excluding hydrogens is 262 g/mol. The summed E-state index contributed by atoms with van der Waals surface area (Å²) in [6, 6.07) is 7.88. The predicted molar refractivity (Wildman–Crippen MR) is 78.6 cm³/mol. The number of carboxylic acids is 1. The van der Waals surface area contributed by atoms with Gasteiger partial charge in [0.25, 0.3) is 0 Å². The zero-order valence-corrected chi connectivity index (χ0v) is 12.3. The summed E-state index contributed by atoms with van der Waals surface area (Å²) in [5.74, 6) is -0.744. The van der Waals surface area contributed by atoms with E-state index >= 15 is 0 Å². The van der Waals surface area contributed by atoms with E-state index in [9.17, 15) is 4.79 Å². The van der Waals surface area contributed by atoms with Crippen LogP contribution in [0.3, 0.4) is 0 Å². The molecule has 1 aromatic rings. The van der Waals surface area contributed by atoms with Gasteiger partial charge < -0.3 is 10.4 Å². The fourth-order valence-electron chi connectivity index (χ4n) is 2.35. The van der Waals surface area contributed by atoms with Crippen LogP contribution in [0.25, 0.3) is 0 Å². The lowest BCUT2D eigenvalue weighted by Crippen LogP contribution is -2.42. The Hall–Kier alpha value is -1.06. The van der Waals surface area contributed by atoms with Crippen molar-refractivity contribution in [2.45, 2.75) is 45.1 Å². The standard InChI is InChI=1S/C15H22ClNO2/c1-3-15(4-2,17-11-5-6-14(18)19)12-7-9-13(16)10-8-12/h7-10,17H,3-6,11H2,1-2H3,(H,18,19). The van der Waals surface area contributed by atoms with Crippen molar-refractivity contribution in [3.05, 3.63) is 34.9 Å². The van der Waals surface area contributed by atoms with Gasteiger partial charge in [0.1, 0.15) is 0 Å². The van der Waals surface area contributed by atoms with Crippen molar-refractivity contribution >= 4 is 17.6 Å². The van der Waals surface area contributed by atoms with Gasteiger partial charge in [0.2, 0.25) is 0 Å². The summed E-state index contributed by atoms with van der Waals surface area (Å²) >= 11 is 5.92. The summed E-state index contributed by atoms with van der Waals surface area (Å²) in [5.41, 5.74) is 1.11. The maximum Gasteiger partial charge on any atom is 0.303 e. The Kier molecular flexibility index (Phi) is 6.32. The molecule has 1 rings (SSSR count). The molecule has 0 aliphatic heterocycles. The van der Waals surface area contributed by atoms with Gasteiger partial charge in [-0.25, -0.2) is 0 Å². The fraction of sp³-hybridized carbons (Fsp3) is 0.533. The summed E-state index contributed by atoms with van der Waals surface area (Å²) in [6.07, 6.45) is 2.76. The van der Waals surface area contributed by atoms with Gasteiger partial charge in [0.05, 0.1) is 0 Å². The van der Waals surface area contributed by atoms with Gasteiger partial charge in [-0.15, -0.1) is 0 Å². The van der Waals surface area contributed by atoms with E-state index < -0.39 is 5.97 Å². The highest BCUT2D eigenvalue weighted by Crippen LogP contribution is 2.29. The van der Waals surface area contributed by atoms with Crippen molar-refractivity contribution in [2.24, 2.45) is 0 Å². The summed E-state index contributed by atoms with van der Waals surface area (Å²) in [6.45, 7) is 4.99. The molecule has 0 fully saturated rings. The molecule has 0 spiro atoms. The molecule has 19 heavy (non-hydrogen) atoms. The molecule has 0 aliphatic carbocycles. The van der Waals surface area contributed by atoms with Crippen LogP contribution in [0.5, 0.6) is 0 Å². The normalized spacial score (nSPS) is 11.5. The third-order valence-corrected chi connectivity index (χ3v) is 3.89. The number of halogens is 1. The number of hydrogen-bond acceptors (Lipinski definition) is 2. The summed E-state index contributed by atoms with van der Waals surface area (Å²) < 4.78 is 0. The second kappa shape index (κ2) is 7.51. The van der Waals surface area contributed by atoms with Crippen molar-refractivity contribution in [1.29, 1.82) is 0 Å². The number of aliphatic carboxylic acids is 1. The Balaban J connectivity index is 2.73. The molecule has 2 N–H and O–H groups in total. The van der Waals surface area contributed by atoms with Gasteiger partial charge in [-0.3, -0.25) is 4.79 Å². The molecule has 0 saturated carbocycles. The summed E-state index contributed by atoms with van der Waals surface area (Å²) in [7, 11) is 0. The van der Waals surface area contributed by atoms with Gasteiger partial charge in [-0.2, -0.15) is 0 Å². The number of rotatable bonds is 8. The van der Waals surface area contributed by atoms with Gasteiger partial charge >= 0.3 is 5.97 Å².